The second-order valence-electron chi connectivity index (χ2n) is 30.7. The van der Waals surface area contributed by atoms with Crippen molar-refractivity contribution in [1.82, 2.24) is 55.8 Å². The molecule has 0 bridgehead atoms. The van der Waals surface area contributed by atoms with Gasteiger partial charge in [0.25, 0.3) is 11.4 Å². The summed E-state index contributed by atoms with van der Waals surface area (Å²) in [6.45, 7) is 33.2. The topological polar surface area (TPSA) is 396 Å². The molecule has 30 nitrogen and oxygen atoms in total. The number of fused-ring (bicyclic) bond motifs is 11. The molecule has 0 radical (unpaired) electrons. The number of anilines is 5. The third kappa shape index (κ3) is 20.5. The summed E-state index contributed by atoms with van der Waals surface area (Å²) in [4.78, 5) is 97.6. The van der Waals surface area contributed by atoms with E-state index in [1.165, 1.54) is 61.4 Å². The van der Waals surface area contributed by atoms with E-state index in [4.69, 9.17) is 59.1 Å². The Morgan fingerprint density at radius 1 is 0.512 bits per heavy atom. The number of carbonyl (C=O) groups excluding carboxylic acids is 4. The normalized spacial score (nSPS) is 13.1. The van der Waals surface area contributed by atoms with Gasteiger partial charge in [0.1, 0.15) is 30.9 Å². The van der Waals surface area contributed by atoms with Crippen molar-refractivity contribution in [3.8, 4) is 43.1 Å². The number of aromatic nitrogens is 8. The zero-order chi connectivity index (χ0) is 87.9. The van der Waals surface area contributed by atoms with Gasteiger partial charge in [-0.3, -0.25) is 14.4 Å². The number of nitrogens with zero attached hydrogens (tertiary/aromatic N) is 11. The molecule has 0 atom stereocenters. The highest BCUT2D eigenvalue weighted by molar-refractivity contribution is 7.17. The molecule has 0 spiro atoms. The fourth-order valence-electron chi connectivity index (χ4n) is 14.5. The quantitative estimate of drug-likeness (QED) is 0.00865. The number of hydrogen-bond acceptors (Lipinski definition) is 26. The first-order valence-corrected chi connectivity index (χ1v) is 42.0. The van der Waals surface area contributed by atoms with Crippen molar-refractivity contribution in [2.24, 2.45) is 5.73 Å². The van der Waals surface area contributed by atoms with E-state index in [1.54, 1.807) is 60.4 Å². The van der Waals surface area contributed by atoms with Crippen LogP contribution in [0, 0.1) is 13.1 Å². The van der Waals surface area contributed by atoms with Crippen LogP contribution in [-0.2, 0) is 66.3 Å². The zero-order valence-corrected chi connectivity index (χ0v) is 72.7. The minimum atomic E-state index is -0.496. The van der Waals surface area contributed by atoms with Gasteiger partial charge in [-0.2, -0.15) is 19.9 Å². The molecule has 0 fully saturated rings. The van der Waals surface area contributed by atoms with Crippen LogP contribution in [0.4, 0.5) is 33.8 Å². The van der Waals surface area contributed by atoms with E-state index < -0.39 is 12.0 Å². The van der Waals surface area contributed by atoms with Crippen LogP contribution < -0.4 is 57.3 Å². The van der Waals surface area contributed by atoms with Gasteiger partial charge in [0.15, 0.2) is 17.6 Å². The maximum Gasteiger partial charge on any atom is 0.407 e. The molecule has 0 unspecified atom stereocenters. The van der Waals surface area contributed by atoms with Crippen molar-refractivity contribution in [3.63, 3.8) is 0 Å². The lowest BCUT2D eigenvalue weighted by Crippen LogP contribution is -2.29. The molecule has 5 aromatic carbocycles. The molecule has 33 heteroatoms. The van der Waals surface area contributed by atoms with Crippen molar-refractivity contribution in [2.45, 2.75) is 84.1 Å². The van der Waals surface area contributed by atoms with Crippen LogP contribution >= 0.6 is 34.0 Å². The Balaban J connectivity index is 0.000000163. The van der Waals surface area contributed by atoms with E-state index in [2.05, 4.69) is 184 Å². The van der Waals surface area contributed by atoms with Crippen LogP contribution in [0.3, 0.4) is 0 Å². The van der Waals surface area contributed by atoms with E-state index in [1.807, 2.05) is 80.6 Å². The molecular formula is C90H99N19O11S3. The molecule has 12 aromatic rings. The van der Waals surface area contributed by atoms with E-state index in [-0.39, 0.29) is 71.9 Å². The van der Waals surface area contributed by atoms with E-state index in [0.29, 0.717) is 99.7 Å². The van der Waals surface area contributed by atoms with Crippen molar-refractivity contribution in [1.29, 1.82) is 0 Å². The van der Waals surface area contributed by atoms with Gasteiger partial charge in [0.2, 0.25) is 35.5 Å². The summed E-state index contributed by atoms with van der Waals surface area (Å²) in [5.74, 6) is 0.153. The molecule has 0 aliphatic heterocycles. The summed E-state index contributed by atoms with van der Waals surface area (Å²) in [6, 6.07) is 40.9. The number of likely N-dealkylation sites (N-methyl/N-ethyl adjacent to an activating group) is 3. The van der Waals surface area contributed by atoms with Gasteiger partial charge in [-0.25, -0.2) is 24.5 Å². The van der Waals surface area contributed by atoms with Crippen molar-refractivity contribution in [3.05, 3.63) is 238 Å². The van der Waals surface area contributed by atoms with E-state index >= 15 is 0 Å². The Hall–Kier alpha value is -13.0. The monoisotopic (exact) mass is 1720 g/mol. The fraction of sp³-hybridized carbons (Fsp3) is 0.311. The van der Waals surface area contributed by atoms with Gasteiger partial charge in [-0.1, -0.05) is 108 Å². The second kappa shape index (κ2) is 39.7. The number of amides is 3. The number of hydrogen-bond donors (Lipinski definition) is 10. The SMILES string of the molecule is CN(CCO)c1ccc2c(c1)C(C)(C)c1cc(C=O)sc1-2.NCc1ccc(COc2nc(N)nc3nc[nH]c23)cc1.[C-]#[N+]/C(=C\c1cc2c(s1)-c1ccc(N(C)CCO)cc1C2(C)C)C(=O)NCCOC.[C-]#[N+]/C(=C\c1cc2c(s1)-c1ccc(N(C)CCOC(=O)NCc3ccc(COc4nc(N)nc5nc[nH]c45)cc3)cc1C2(C)C)C(=O)NCCOC. The van der Waals surface area contributed by atoms with E-state index in [9.17, 15) is 24.3 Å². The predicted molar refractivity (Wildman–Crippen MR) is 484 cm³/mol. The maximum absolute atomic E-state index is 12.5. The number of aldehydes is 1. The number of benzene rings is 5. The van der Waals surface area contributed by atoms with Crippen LogP contribution in [0.5, 0.6) is 11.8 Å². The average molecular weight is 1720 g/mol. The largest absolute Gasteiger partial charge is 0.471 e. The molecule has 3 aliphatic rings. The van der Waals surface area contributed by atoms with Gasteiger partial charge < -0.3 is 91.7 Å². The molecule has 0 saturated heterocycles. The van der Waals surface area contributed by atoms with Crippen LogP contribution in [-0.4, -0.2) is 175 Å². The number of aromatic amines is 2. The number of ether oxygens (including phenoxy) is 5. The number of aliphatic hydroxyl groups excluding tert-OH is 2. The number of rotatable bonds is 30. The lowest BCUT2D eigenvalue weighted by molar-refractivity contribution is -0.118. The van der Waals surface area contributed by atoms with Gasteiger partial charge in [-0.05, 0) is 139 Å². The minimum Gasteiger partial charge on any atom is -0.471 e. The number of nitrogen functional groups attached to an aromatic ring is 2. The number of alkyl carbamates (subject to hydrolysis) is 1. The Morgan fingerprint density at radius 2 is 0.894 bits per heavy atom. The van der Waals surface area contributed by atoms with Gasteiger partial charge in [0.05, 0.1) is 63.6 Å². The van der Waals surface area contributed by atoms with Crippen molar-refractivity contribution >= 4 is 122 Å². The molecule has 13 N–H and O–H groups in total. The number of nitrogens with two attached hydrogens (primary N) is 3. The molecule has 7 aromatic heterocycles. The standard InChI is InChI=1S/C37H39N9O5S.C23H27N3O3S.C17H19NO2S.C13H14N6O/c1-37(2)27-16-24(10-11-26(27)31-28(37)17-25(52-31)18-29(39-3)33(47)40-12-14-49-5)46(4)13-15-50-36(48)41-19-22-6-8-23(9-7-22)20-51-34-30-32(43-21-42-30)44-35(38)45-34;1-23(2)18-12-15(26(4)9-10-27)6-7-17(18)21-19(23)13-16(30-21)14-20(24-3)22(28)25-8-11-29-5;1-17(2)14-8-11(18(3)6-7-19)4-5-13(14)16-15(17)9-12(10-20)21-16;14-5-8-1-3-9(4-2-8)6-20-12-10-11(17-7-16-10)18-13(15)19-12/h6-11,16-18,21H,12-15,19-20H2,1-2,4-5H3,(H,40,47)(H,41,48)(H3,38,42,43,44,45);6-7,12-14,27H,8-11H2,1-2,4-5H3,(H,25,28);4-5,8-10,19H,6-7H2,1-3H3;1-4,7H,5-6,14H2,(H3,15,16,17,18,19)/b29-18-;20-14-;;. The molecule has 123 heavy (non-hydrogen) atoms. The molecule has 638 valence electrons. The fourth-order valence-corrected chi connectivity index (χ4v) is 18.2. The van der Waals surface area contributed by atoms with Crippen molar-refractivity contribution in [2.75, 3.05) is 127 Å². The minimum absolute atomic E-state index is 0.0433. The molecular weight excluding hydrogens is 1620 g/mol. The Morgan fingerprint density at radius 3 is 1.28 bits per heavy atom. The van der Waals surface area contributed by atoms with Crippen molar-refractivity contribution < 1.29 is 53.1 Å². The lowest BCUT2D eigenvalue weighted by atomic mass is 9.82. The molecule has 7 heterocycles. The highest BCUT2D eigenvalue weighted by Gasteiger charge is 2.41. The van der Waals surface area contributed by atoms with Gasteiger partial charge in [0, 0.05) is 132 Å². The number of nitrogens with one attached hydrogen (secondary N) is 5. The van der Waals surface area contributed by atoms with Crippen LogP contribution in [0.1, 0.15) is 117 Å². The summed E-state index contributed by atoms with van der Waals surface area (Å²) in [5, 5.41) is 26.5. The summed E-state index contributed by atoms with van der Waals surface area (Å²) in [7, 11) is 9.06. The van der Waals surface area contributed by atoms with Crippen LogP contribution in [0.2, 0.25) is 0 Å². The first kappa shape index (κ1) is 89.3. The smallest absolute Gasteiger partial charge is 0.407 e. The van der Waals surface area contributed by atoms with Crippen LogP contribution in [0.25, 0.3) is 75.5 Å². The summed E-state index contributed by atoms with van der Waals surface area (Å²) in [5.41, 5.74) is 36.7. The summed E-state index contributed by atoms with van der Waals surface area (Å²) >= 11 is 4.75. The average Bonchev–Trinajstić information content (AvgIpc) is 1.58. The third-order valence-corrected chi connectivity index (χ3v) is 24.8. The third-order valence-electron chi connectivity index (χ3n) is 21.5. The number of carbonyl (C=O) groups is 4. The number of aliphatic hydroxyl groups is 2. The first-order valence-electron chi connectivity index (χ1n) is 39.5. The number of H-pyrrole nitrogens is 2. The molecule has 3 aliphatic carbocycles. The number of imidazole rings is 2. The van der Waals surface area contributed by atoms with Crippen LogP contribution in [0.15, 0.2) is 145 Å². The first-order chi connectivity index (χ1) is 59.1. The maximum atomic E-state index is 12.5. The Bertz CT molecular complexity index is 5970. The second-order valence-corrected chi connectivity index (χ2v) is 34.0. The van der Waals surface area contributed by atoms with E-state index in [0.717, 1.165) is 76.2 Å². The number of methoxy groups -OCH3 is 2. The predicted octanol–water partition coefficient (Wildman–Crippen LogP) is 13.0. The highest BCUT2D eigenvalue weighted by Crippen LogP contribution is 2.56. The van der Waals surface area contributed by atoms with Gasteiger partial charge >= 0.3 is 6.09 Å². The molecule has 15 rings (SSSR count). The molecule has 3 amide bonds. The summed E-state index contributed by atoms with van der Waals surface area (Å²) < 4.78 is 26.9. The Kier molecular flexibility index (Phi) is 28.8. The zero-order valence-electron chi connectivity index (χ0n) is 70.3. The summed E-state index contributed by atoms with van der Waals surface area (Å²) in [6.07, 6.45) is 6.79. The van der Waals surface area contributed by atoms with Gasteiger partial charge in [-0.15, -0.1) is 34.0 Å². The highest BCUT2D eigenvalue weighted by atomic mass is 32.1. The Labute approximate surface area is 724 Å². The number of thiophene rings is 3. The lowest BCUT2D eigenvalue weighted by Gasteiger charge is -2.24. The molecule has 0 saturated carbocycles.